The first kappa shape index (κ1) is 24.3. The minimum atomic E-state index is -0.636. The molecule has 2 amide bonds. The largest absolute Gasteiger partial charge is 0.329 e. The third kappa shape index (κ3) is 4.70. The summed E-state index contributed by atoms with van der Waals surface area (Å²) in [6.45, 7) is 12.8. The molecule has 0 radical (unpaired) electrons. The van der Waals surface area contributed by atoms with Crippen LogP contribution in [0.5, 0.6) is 0 Å². The van der Waals surface area contributed by atoms with Crippen LogP contribution in [0, 0.1) is 5.92 Å². The molecule has 1 N–H and O–H groups in total. The van der Waals surface area contributed by atoms with Gasteiger partial charge in [0.15, 0.2) is 0 Å². The van der Waals surface area contributed by atoms with Gasteiger partial charge in [0.2, 0.25) is 11.8 Å². The van der Waals surface area contributed by atoms with Crippen molar-refractivity contribution in [3.8, 4) is 0 Å². The number of likely N-dealkylation sites (tertiary alicyclic amines) is 2. The van der Waals surface area contributed by atoms with Crippen molar-refractivity contribution in [1.29, 1.82) is 0 Å². The van der Waals surface area contributed by atoms with Crippen molar-refractivity contribution in [2.45, 2.75) is 70.4 Å². The number of piperidine rings is 2. The molecule has 1 aromatic carbocycles. The molecule has 8 nitrogen and oxygen atoms in total. The molecule has 2 aromatic rings. The van der Waals surface area contributed by atoms with Crippen molar-refractivity contribution in [2.75, 3.05) is 32.7 Å². The molecule has 0 bridgehead atoms. The average molecular weight is 482 g/mol. The molecular weight excluding hydrogens is 442 g/mol. The molecule has 0 aliphatic carbocycles. The van der Waals surface area contributed by atoms with Crippen LogP contribution in [0.25, 0.3) is 11.0 Å². The maximum absolute atomic E-state index is 13.0. The normalized spacial score (nSPS) is 25.5. The third-order valence-corrected chi connectivity index (χ3v) is 8.45. The van der Waals surface area contributed by atoms with Gasteiger partial charge in [0.1, 0.15) is 6.04 Å². The molecule has 1 unspecified atom stereocenters. The fraction of sp³-hybridized carbons (Fsp3) is 0.667. The maximum atomic E-state index is 13.0. The minimum absolute atomic E-state index is 0.206. The Kier molecular flexibility index (Phi) is 6.38. The average Bonchev–Trinajstić information content (AvgIpc) is 3.38. The van der Waals surface area contributed by atoms with Gasteiger partial charge in [0, 0.05) is 32.1 Å². The summed E-state index contributed by atoms with van der Waals surface area (Å²) in [5.41, 5.74) is 2.94. The molecule has 8 heteroatoms. The van der Waals surface area contributed by atoms with E-state index < -0.39 is 6.04 Å². The third-order valence-electron chi connectivity index (χ3n) is 8.45. The van der Waals surface area contributed by atoms with Gasteiger partial charge >= 0.3 is 5.69 Å². The number of imidazole rings is 1. The Labute approximate surface area is 207 Å². The predicted octanol–water partition coefficient (Wildman–Crippen LogP) is 2.62. The van der Waals surface area contributed by atoms with Crippen molar-refractivity contribution in [2.24, 2.45) is 13.0 Å². The number of amides is 2. The van der Waals surface area contributed by atoms with Crippen molar-refractivity contribution < 1.29 is 9.59 Å². The lowest BCUT2D eigenvalue weighted by molar-refractivity contribution is -0.135. The van der Waals surface area contributed by atoms with Crippen LogP contribution >= 0.6 is 0 Å². The lowest BCUT2D eigenvalue weighted by Gasteiger charge is -2.35. The Morgan fingerprint density at radius 3 is 2.37 bits per heavy atom. The molecule has 2 atom stereocenters. The number of imide groups is 1. The molecule has 3 fully saturated rings. The molecule has 3 aliphatic rings. The smallest absolute Gasteiger partial charge is 0.303 e. The Balaban J connectivity index is 1.26. The highest BCUT2D eigenvalue weighted by molar-refractivity contribution is 6.00. The van der Waals surface area contributed by atoms with Crippen LogP contribution in [0.3, 0.4) is 0 Å². The van der Waals surface area contributed by atoms with E-state index in [2.05, 4.69) is 48.0 Å². The molecule has 0 spiro atoms. The Morgan fingerprint density at radius 2 is 1.71 bits per heavy atom. The highest BCUT2D eigenvalue weighted by Crippen LogP contribution is 2.32. The van der Waals surface area contributed by atoms with Gasteiger partial charge in [-0.1, -0.05) is 6.07 Å². The number of aryl methyl sites for hydroxylation is 1. The zero-order chi connectivity index (χ0) is 24.9. The first-order chi connectivity index (χ1) is 16.6. The zero-order valence-electron chi connectivity index (χ0n) is 21.5. The van der Waals surface area contributed by atoms with E-state index in [1.807, 2.05) is 6.07 Å². The van der Waals surface area contributed by atoms with E-state index in [-0.39, 0.29) is 29.5 Å². The van der Waals surface area contributed by atoms with Gasteiger partial charge in [-0.05, 0) is 95.6 Å². The molecule has 3 saturated heterocycles. The number of nitrogens with one attached hydrogen (secondary N) is 1. The molecule has 3 aliphatic heterocycles. The zero-order valence-corrected chi connectivity index (χ0v) is 21.5. The number of aromatic nitrogens is 2. The Morgan fingerprint density at radius 1 is 0.971 bits per heavy atom. The van der Waals surface area contributed by atoms with Gasteiger partial charge in [0.25, 0.3) is 0 Å². The molecule has 190 valence electrons. The topological polar surface area (TPSA) is 79.6 Å². The van der Waals surface area contributed by atoms with Crippen molar-refractivity contribution >= 4 is 22.8 Å². The number of benzene rings is 1. The molecular formula is C27H39N5O3. The number of hydrogen-bond donors (Lipinski definition) is 1. The van der Waals surface area contributed by atoms with Crippen LogP contribution in [0.1, 0.15) is 70.4 Å². The summed E-state index contributed by atoms with van der Waals surface area (Å²) in [5, 5.41) is 2.38. The van der Waals surface area contributed by atoms with E-state index in [4.69, 9.17) is 0 Å². The molecule has 1 aromatic heterocycles. The van der Waals surface area contributed by atoms with E-state index in [0.717, 1.165) is 42.9 Å². The summed E-state index contributed by atoms with van der Waals surface area (Å²) in [5.74, 6) is 0.593. The second-order valence-electron chi connectivity index (χ2n) is 11.8. The molecule has 0 saturated carbocycles. The standard InChI is InChI=1S/C27H39N5O3/c1-27(2,3)31-14-9-18(17-31)16-30-12-10-19(11-13-30)20-5-6-21-23(15-20)29(4)26(35)32(21)22-7-8-24(33)28-25(22)34/h5-6,15,18-19,22H,7-14,16-17H2,1-4H3,(H,28,33,34)/t18-,22?/m0/s1. The van der Waals surface area contributed by atoms with E-state index in [1.54, 1.807) is 16.2 Å². The predicted molar refractivity (Wildman–Crippen MR) is 136 cm³/mol. The van der Waals surface area contributed by atoms with E-state index >= 15 is 0 Å². The summed E-state index contributed by atoms with van der Waals surface area (Å²) < 4.78 is 3.20. The monoisotopic (exact) mass is 481 g/mol. The second kappa shape index (κ2) is 9.21. The number of carbonyl (C=O) groups is 2. The second-order valence-corrected chi connectivity index (χ2v) is 11.8. The van der Waals surface area contributed by atoms with E-state index in [0.29, 0.717) is 12.3 Å². The lowest BCUT2D eigenvalue weighted by atomic mass is 9.88. The van der Waals surface area contributed by atoms with Gasteiger partial charge in [-0.2, -0.15) is 0 Å². The molecule has 4 heterocycles. The van der Waals surface area contributed by atoms with Crippen molar-refractivity contribution in [1.82, 2.24) is 24.3 Å². The highest BCUT2D eigenvalue weighted by Gasteiger charge is 2.33. The first-order valence-electron chi connectivity index (χ1n) is 13.1. The van der Waals surface area contributed by atoms with Gasteiger partial charge in [-0.3, -0.25) is 28.9 Å². The number of rotatable bonds is 4. The lowest BCUT2D eigenvalue weighted by Crippen LogP contribution is -2.44. The van der Waals surface area contributed by atoms with Crippen molar-refractivity contribution in [3.05, 3.63) is 34.2 Å². The summed E-state index contributed by atoms with van der Waals surface area (Å²) in [6, 6.07) is 5.62. The summed E-state index contributed by atoms with van der Waals surface area (Å²) in [4.78, 5) is 42.3. The van der Waals surface area contributed by atoms with Gasteiger partial charge < -0.3 is 4.90 Å². The number of nitrogens with zero attached hydrogens (tertiary/aromatic N) is 4. The van der Waals surface area contributed by atoms with Crippen molar-refractivity contribution in [3.63, 3.8) is 0 Å². The van der Waals surface area contributed by atoms with Gasteiger partial charge in [-0.15, -0.1) is 0 Å². The van der Waals surface area contributed by atoms with Gasteiger partial charge in [0.05, 0.1) is 11.0 Å². The van der Waals surface area contributed by atoms with E-state index in [1.165, 1.54) is 31.6 Å². The minimum Gasteiger partial charge on any atom is -0.303 e. The Bertz CT molecular complexity index is 1180. The van der Waals surface area contributed by atoms with E-state index in [9.17, 15) is 14.4 Å². The first-order valence-corrected chi connectivity index (χ1v) is 13.1. The highest BCUT2D eigenvalue weighted by atomic mass is 16.2. The summed E-state index contributed by atoms with van der Waals surface area (Å²) in [7, 11) is 1.77. The fourth-order valence-corrected chi connectivity index (χ4v) is 6.27. The van der Waals surface area contributed by atoms with Crippen LogP contribution in [0.2, 0.25) is 0 Å². The van der Waals surface area contributed by atoms with Crippen LogP contribution in [-0.2, 0) is 16.6 Å². The summed E-state index contributed by atoms with van der Waals surface area (Å²) >= 11 is 0. The maximum Gasteiger partial charge on any atom is 0.329 e. The summed E-state index contributed by atoms with van der Waals surface area (Å²) in [6.07, 6.45) is 4.17. The van der Waals surface area contributed by atoms with Crippen LogP contribution in [0.4, 0.5) is 0 Å². The fourth-order valence-electron chi connectivity index (χ4n) is 6.27. The number of fused-ring (bicyclic) bond motifs is 1. The Hall–Kier alpha value is -2.45. The number of carbonyl (C=O) groups excluding carboxylic acids is 2. The van der Waals surface area contributed by atoms with Gasteiger partial charge in [-0.25, -0.2) is 4.79 Å². The van der Waals surface area contributed by atoms with Crippen LogP contribution < -0.4 is 11.0 Å². The van der Waals surface area contributed by atoms with Crippen LogP contribution in [0.15, 0.2) is 23.0 Å². The SMILES string of the molecule is Cn1c(=O)n(C2CCC(=O)NC2=O)c2ccc(C3CCN(C[C@@H]4CCN(C(C)(C)C)C4)CC3)cc21. The molecule has 5 rings (SSSR count). The quantitative estimate of drug-likeness (QED) is 0.679. The van der Waals surface area contributed by atoms with Crippen LogP contribution in [-0.4, -0.2) is 69.0 Å². The molecule has 35 heavy (non-hydrogen) atoms. The number of hydrogen-bond acceptors (Lipinski definition) is 5.